The van der Waals surface area contributed by atoms with Crippen molar-refractivity contribution >= 4 is 21.1 Å². The van der Waals surface area contributed by atoms with Gasteiger partial charge in [0.25, 0.3) is 0 Å². The largest absolute Gasteiger partial charge is 0.300 e. The van der Waals surface area contributed by atoms with E-state index in [-0.39, 0.29) is 18.0 Å². The molecule has 0 spiro atoms. The Morgan fingerprint density at radius 1 is 1.45 bits per heavy atom. The zero-order valence-corrected chi connectivity index (χ0v) is 7.94. The van der Waals surface area contributed by atoms with Crippen molar-refractivity contribution in [3.8, 4) is 0 Å². The lowest BCUT2D eigenvalue weighted by molar-refractivity contribution is -0.123. The first kappa shape index (κ1) is 10.3. The van der Waals surface area contributed by atoms with Gasteiger partial charge in [0.05, 0.1) is 6.42 Å². The molecule has 0 bridgehead atoms. The first-order valence-electron chi connectivity index (χ1n) is 3.43. The highest BCUT2D eigenvalue weighted by molar-refractivity contribution is 6.40. The first-order chi connectivity index (χ1) is 5.07. The van der Waals surface area contributed by atoms with Crippen LogP contribution < -0.4 is 0 Å². The molecule has 0 aromatic carbocycles. The smallest absolute Gasteiger partial charge is 0.165 e. The molecule has 0 aliphatic carbocycles. The topological polar surface area (TPSA) is 34.1 Å². The van der Waals surface area contributed by atoms with Crippen LogP contribution in [0, 0.1) is 0 Å². The Balaban J connectivity index is 3.76. The van der Waals surface area contributed by atoms with E-state index < -0.39 is 0 Å². The average Bonchev–Trinajstić information content (AvgIpc) is 1.87. The zero-order chi connectivity index (χ0) is 8.85. The summed E-state index contributed by atoms with van der Waals surface area (Å²) in [5, 5.41) is 0. The fourth-order valence-corrected chi connectivity index (χ4v) is 1.11. The zero-order valence-electron chi connectivity index (χ0n) is 6.94. The Kier molecular flexibility index (Phi) is 4.69. The summed E-state index contributed by atoms with van der Waals surface area (Å²) < 4.78 is 0. The van der Waals surface area contributed by atoms with Gasteiger partial charge in [0.2, 0.25) is 0 Å². The molecule has 0 N–H and O–H groups in total. The molecule has 0 aliphatic rings. The van der Waals surface area contributed by atoms with E-state index in [1.807, 2.05) is 6.55 Å². The minimum atomic E-state index is -0.131. The van der Waals surface area contributed by atoms with Gasteiger partial charge in [-0.3, -0.25) is 9.59 Å². The van der Waals surface area contributed by atoms with E-state index in [2.05, 4.69) is 6.58 Å². The third kappa shape index (κ3) is 4.67. The first-order valence-corrected chi connectivity index (χ1v) is 5.13. The summed E-state index contributed by atoms with van der Waals surface area (Å²) in [6.07, 6.45) is 0.0379. The van der Waals surface area contributed by atoms with Gasteiger partial charge in [-0.2, -0.15) is 0 Å². The highest BCUT2D eigenvalue weighted by atomic mass is 28.2. The van der Waals surface area contributed by atoms with Gasteiger partial charge in [0.1, 0.15) is 5.78 Å². The van der Waals surface area contributed by atoms with Crippen LogP contribution in [0.25, 0.3) is 0 Å². The highest BCUT2D eigenvalue weighted by Gasteiger charge is 2.08. The van der Waals surface area contributed by atoms with Crippen LogP contribution in [0.15, 0.2) is 12.2 Å². The van der Waals surface area contributed by atoms with Gasteiger partial charge in [0, 0.05) is 9.52 Å². The van der Waals surface area contributed by atoms with Crippen molar-refractivity contribution in [2.24, 2.45) is 0 Å². The van der Waals surface area contributed by atoms with Gasteiger partial charge in [-0.25, -0.2) is 0 Å². The van der Waals surface area contributed by atoms with Crippen LogP contribution in [0.5, 0.6) is 0 Å². The summed E-state index contributed by atoms with van der Waals surface area (Å²) in [7, 11) is 0.600. The van der Waals surface area contributed by atoms with Crippen molar-refractivity contribution in [1.29, 1.82) is 0 Å². The number of carbonyl (C=O) groups is 2. The Morgan fingerprint density at radius 3 is 2.36 bits per heavy atom. The molecule has 11 heavy (non-hydrogen) atoms. The standard InChI is InChI=1S/C8H12O2Si/c1-6(2)8(10)4-7(9)5-11-3/h1,4-5H2,2-3H3. The van der Waals surface area contributed by atoms with Gasteiger partial charge < -0.3 is 0 Å². The van der Waals surface area contributed by atoms with Crippen LogP contribution >= 0.6 is 0 Å². The molecule has 0 saturated carbocycles. The van der Waals surface area contributed by atoms with Gasteiger partial charge >= 0.3 is 0 Å². The molecule has 0 rings (SSSR count). The summed E-state index contributed by atoms with van der Waals surface area (Å²) in [5.74, 6) is -0.105. The maximum Gasteiger partial charge on any atom is 0.165 e. The molecule has 0 aromatic heterocycles. The van der Waals surface area contributed by atoms with Crippen LogP contribution in [0.3, 0.4) is 0 Å². The molecule has 0 aliphatic heterocycles. The molecule has 0 atom stereocenters. The van der Waals surface area contributed by atoms with Crippen LogP contribution in [-0.2, 0) is 9.59 Å². The van der Waals surface area contributed by atoms with Crippen molar-refractivity contribution in [2.45, 2.75) is 25.9 Å². The van der Waals surface area contributed by atoms with E-state index >= 15 is 0 Å². The van der Waals surface area contributed by atoms with E-state index in [4.69, 9.17) is 0 Å². The fourth-order valence-electron chi connectivity index (χ4n) is 0.590. The fraction of sp³-hybridized carbons (Fsp3) is 0.500. The maximum atomic E-state index is 10.9. The molecule has 3 heteroatoms. The van der Waals surface area contributed by atoms with Crippen molar-refractivity contribution in [3.05, 3.63) is 12.2 Å². The van der Waals surface area contributed by atoms with E-state index in [0.717, 1.165) is 0 Å². The minimum Gasteiger partial charge on any atom is -0.300 e. The Morgan fingerprint density at radius 2 is 2.00 bits per heavy atom. The van der Waals surface area contributed by atoms with E-state index in [9.17, 15) is 9.59 Å². The monoisotopic (exact) mass is 168 g/mol. The lowest BCUT2D eigenvalue weighted by Gasteiger charge is -1.96. The van der Waals surface area contributed by atoms with Gasteiger partial charge in [-0.15, -0.1) is 0 Å². The second kappa shape index (κ2) is 5.01. The average molecular weight is 168 g/mol. The SMILES string of the molecule is C=C(C)C(=O)CC(=O)C[Si]C. The number of hydrogen-bond acceptors (Lipinski definition) is 2. The molecular formula is C8H12O2Si. The molecule has 0 unspecified atom stereocenters. The van der Waals surface area contributed by atoms with Crippen LogP contribution in [0.2, 0.25) is 12.6 Å². The van der Waals surface area contributed by atoms with Crippen LogP contribution in [-0.4, -0.2) is 21.1 Å². The quantitative estimate of drug-likeness (QED) is 0.352. The minimum absolute atomic E-state index is 0.0267. The Hall–Kier alpha value is -0.703. The number of carbonyl (C=O) groups excluding carboxylic acids is 2. The molecule has 60 valence electrons. The van der Waals surface area contributed by atoms with Gasteiger partial charge in [-0.1, -0.05) is 13.1 Å². The number of ketones is 2. The number of allylic oxidation sites excluding steroid dienone is 1. The van der Waals surface area contributed by atoms with E-state index in [1.165, 1.54) is 0 Å². The number of hydrogen-bond donors (Lipinski definition) is 0. The van der Waals surface area contributed by atoms with Crippen molar-refractivity contribution < 1.29 is 9.59 Å². The predicted molar refractivity (Wildman–Crippen MR) is 45.9 cm³/mol. The Labute approximate surface area is 69.5 Å². The molecule has 0 heterocycles. The van der Waals surface area contributed by atoms with Crippen LogP contribution in [0.1, 0.15) is 13.3 Å². The second-order valence-corrected chi connectivity index (χ2v) is 3.51. The molecule has 0 amide bonds. The summed E-state index contributed by atoms with van der Waals surface area (Å²) in [6.45, 7) is 7.05. The normalized spacial score (nSPS) is 9.27. The number of rotatable bonds is 5. The maximum absolute atomic E-state index is 10.9. The summed E-state index contributed by atoms with van der Waals surface area (Å²) in [4.78, 5) is 21.8. The molecule has 0 aromatic rings. The van der Waals surface area contributed by atoms with Crippen molar-refractivity contribution in [1.82, 2.24) is 0 Å². The second-order valence-electron chi connectivity index (χ2n) is 2.45. The summed E-state index contributed by atoms with van der Waals surface area (Å²) >= 11 is 0. The molecule has 2 radical (unpaired) electrons. The third-order valence-corrected chi connectivity index (χ3v) is 1.96. The highest BCUT2D eigenvalue weighted by Crippen LogP contribution is 1.98. The summed E-state index contributed by atoms with van der Waals surface area (Å²) in [6, 6.07) is 0.527. The lowest BCUT2D eigenvalue weighted by Crippen LogP contribution is -2.08. The molecular weight excluding hydrogens is 156 g/mol. The van der Waals surface area contributed by atoms with Crippen molar-refractivity contribution in [2.75, 3.05) is 0 Å². The van der Waals surface area contributed by atoms with E-state index in [0.29, 0.717) is 21.1 Å². The molecule has 0 saturated heterocycles. The third-order valence-electron chi connectivity index (χ3n) is 1.21. The van der Waals surface area contributed by atoms with E-state index in [1.54, 1.807) is 6.92 Å². The Bertz CT molecular complexity index is 185. The molecule has 0 fully saturated rings. The predicted octanol–water partition coefficient (Wildman–Crippen LogP) is 1.26. The summed E-state index contributed by atoms with van der Waals surface area (Å²) in [5.41, 5.74) is 0.470. The number of Topliss-reactive ketones (excluding diaryl/α,β-unsaturated/α-hetero) is 2. The van der Waals surface area contributed by atoms with Crippen LogP contribution in [0.4, 0.5) is 0 Å². The lowest BCUT2D eigenvalue weighted by atomic mass is 10.1. The molecule has 2 nitrogen and oxygen atoms in total. The van der Waals surface area contributed by atoms with Gasteiger partial charge in [0.15, 0.2) is 5.78 Å². The van der Waals surface area contributed by atoms with Gasteiger partial charge in [-0.05, 0) is 18.5 Å². The van der Waals surface area contributed by atoms with Crippen molar-refractivity contribution in [3.63, 3.8) is 0 Å².